The van der Waals surface area contributed by atoms with Crippen molar-refractivity contribution in [1.82, 2.24) is 0 Å². The Morgan fingerprint density at radius 1 is 1.27 bits per heavy atom. The Morgan fingerprint density at radius 2 is 1.73 bits per heavy atom. The van der Waals surface area contributed by atoms with Gasteiger partial charge in [0.1, 0.15) is 0 Å². The van der Waals surface area contributed by atoms with Gasteiger partial charge in [-0.1, -0.05) is 12.1 Å². The van der Waals surface area contributed by atoms with Crippen LogP contribution < -0.4 is 29.6 Å². The van der Waals surface area contributed by atoms with Gasteiger partial charge in [-0.3, -0.25) is 4.79 Å². The molecule has 0 aliphatic heterocycles. The predicted octanol–water partition coefficient (Wildman–Crippen LogP) is -0.818. The van der Waals surface area contributed by atoms with Crippen molar-refractivity contribution in [3.63, 3.8) is 0 Å². The summed E-state index contributed by atoms with van der Waals surface area (Å²) in [7, 11) is 0. The largest absolute Gasteiger partial charge is 1.00 e. The summed E-state index contributed by atoms with van der Waals surface area (Å²) < 4.78 is 0. The van der Waals surface area contributed by atoms with Gasteiger partial charge in [-0.25, -0.2) is 0 Å². The van der Waals surface area contributed by atoms with E-state index in [2.05, 4.69) is 12.6 Å². The maximum Gasteiger partial charge on any atom is 1.00 e. The van der Waals surface area contributed by atoms with Crippen LogP contribution in [0.1, 0.15) is 17.3 Å². The second kappa shape index (κ2) is 4.99. The van der Waals surface area contributed by atoms with Crippen LogP contribution in [-0.4, -0.2) is 5.78 Å². The second-order valence-electron chi connectivity index (χ2n) is 2.10. The first-order valence-corrected chi connectivity index (χ1v) is 3.45. The number of hydrogen-bond acceptors (Lipinski definition) is 2. The molecule has 0 heterocycles. The van der Waals surface area contributed by atoms with E-state index in [0.29, 0.717) is 0 Å². The predicted molar refractivity (Wildman–Crippen MR) is 43.7 cm³/mol. The zero-order valence-corrected chi connectivity index (χ0v) is 9.56. The molecule has 0 amide bonds. The van der Waals surface area contributed by atoms with Crippen LogP contribution in [-0.2, 0) is 0 Å². The first-order chi connectivity index (χ1) is 4.70. The van der Waals surface area contributed by atoms with E-state index in [0.717, 1.165) is 10.5 Å². The first-order valence-electron chi connectivity index (χ1n) is 3.00. The summed E-state index contributed by atoms with van der Waals surface area (Å²) in [5.41, 5.74) is 0.734. The molecule has 0 atom stereocenters. The van der Waals surface area contributed by atoms with E-state index in [1.165, 1.54) is 0 Å². The van der Waals surface area contributed by atoms with Crippen molar-refractivity contribution in [2.45, 2.75) is 11.8 Å². The van der Waals surface area contributed by atoms with Crippen molar-refractivity contribution in [3.8, 4) is 0 Å². The maximum absolute atomic E-state index is 10.7. The van der Waals surface area contributed by atoms with E-state index in [1.807, 2.05) is 0 Å². The molecule has 11 heavy (non-hydrogen) atoms. The number of Topliss-reactive ketones (excluding diaryl/α,β-unsaturated/α-hetero) is 1. The molecule has 1 nitrogen and oxygen atoms in total. The molecule has 0 spiro atoms. The second-order valence-corrected chi connectivity index (χ2v) is 2.62. The number of rotatable bonds is 1. The number of thiol groups is 1. The topological polar surface area (TPSA) is 17.1 Å². The zero-order chi connectivity index (χ0) is 7.56. The van der Waals surface area contributed by atoms with Crippen molar-refractivity contribution >= 4 is 18.4 Å². The third-order valence-corrected chi connectivity index (χ3v) is 1.57. The van der Waals surface area contributed by atoms with E-state index in [-0.39, 0.29) is 35.3 Å². The van der Waals surface area contributed by atoms with Crippen LogP contribution >= 0.6 is 12.6 Å². The Bertz CT molecular complexity index is 243. The number of hydrogen-bond donors (Lipinski definition) is 1. The normalized spacial score (nSPS) is 8.55. The van der Waals surface area contributed by atoms with Crippen LogP contribution in [0, 0.1) is 0 Å². The van der Waals surface area contributed by atoms with Crippen LogP contribution in [0.15, 0.2) is 29.2 Å². The summed E-state index contributed by atoms with van der Waals surface area (Å²) in [6, 6.07) is 7.15. The first kappa shape index (κ1) is 11.2. The minimum atomic E-state index is 0. The molecule has 0 bridgehead atoms. The molecule has 1 rings (SSSR count). The van der Waals surface area contributed by atoms with Gasteiger partial charge in [0, 0.05) is 10.5 Å². The van der Waals surface area contributed by atoms with Gasteiger partial charge in [0.2, 0.25) is 0 Å². The molecule has 0 aliphatic carbocycles. The molecule has 0 saturated carbocycles. The quantitative estimate of drug-likeness (QED) is 0.335. The van der Waals surface area contributed by atoms with Gasteiger partial charge in [-0.15, -0.1) is 12.6 Å². The Kier molecular flexibility index (Phi) is 5.10. The molecular formula is C8H8NaOS+. The van der Waals surface area contributed by atoms with E-state index < -0.39 is 0 Å². The molecule has 1 aromatic rings. The van der Waals surface area contributed by atoms with Crippen molar-refractivity contribution in [3.05, 3.63) is 29.8 Å². The average Bonchev–Trinajstić information content (AvgIpc) is 1.88. The van der Waals surface area contributed by atoms with Crippen LogP contribution in [0.25, 0.3) is 0 Å². The SMILES string of the molecule is CC(=O)c1ccc(S)cc1.[Na+]. The molecule has 3 heteroatoms. The number of carbonyl (C=O) groups is 1. The fourth-order valence-electron chi connectivity index (χ4n) is 0.696. The molecular weight excluding hydrogens is 167 g/mol. The van der Waals surface area contributed by atoms with E-state index in [4.69, 9.17) is 0 Å². The third kappa shape index (κ3) is 3.43. The average molecular weight is 175 g/mol. The minimum Gasteiger partial charge on any atom is -0.295 e. The fourth-order valence-corrected chi connectivity index (χ4v) is 0.845. The molecule has 52 valence electrons. The maximum atomic E-state index is 10.7. The molecule has 1 aromatic carbocycles. The monoisotopic (exact) mass is 175 g/mol. The molecule has 0 saturated heterocycles. The fraction of sp³-hybridized carbons (Fsp3) is 0.125. The van der Waals surface area contributed by atoms with Crippen molar-refractivity contribution in [1.29, 1.82) is 0 Å². The Labute approximate surface area is 93.9 Å². The van der Waals surface area contributed by atoms with E-state index in [9.17, 15) is 4.79 Å². The summed E-state index contributed by atoms with van der Waals surface area (Å²) in [6.07, 6.45) is 0. The van der Waals surface area contributed by atoms with Gasteiger partial charge in [-0.2, -0.15) is 0 Å². The number of benzene rings is 1. The summed E-state index contributed by atoms with van der Waals surface area (Å²) in [4.78, 5) is 11.6. The zero-order valence-electron chi connectivity index (χ0n) is 6.66. The van der Waals surface area contributed by atoms with Crippen molar-refractivity contribution in [2.24, 2.45) is 0 Å². The van der Waals surface area contributed by atoms with Gasteiger partial charge < -0.3 is 0 Å². The van der Waals surface area contributed by atoms with Gasteiger partial charge in [0.15, 0.2) is 5.78 Å². The molecule has 0 radical (unpaired) electrons. The van der Waals surface area contributed by atoms with Crippen LogP contribution in [0.3, 0.4) is 0 Å². The standard InChI is InChI=1S/C8H8OS.Na/c1-6(9)7-2-4-8(10)5-3-7;/h2-5,10H,1H3;/q;+1. The van der Waals surface area contributed by atoms with Crippen molar-refractivity contribution in [2.75, 3.05) is 0 Å². The van der Waals surface area contributed by atoms with E-state index in [1.54, 1.807) is 31.2 Å². The third-order valence-electron chi connectivity index (χ3n) is 1.27. The van der Waals surface area contributed by atoms with Gasteiger partial charge in [-0.05, 0) is 19.1 Å². The van der Waals surface area contributed by atoms with Crippen LogP contribution in [0.2, 0.25) is 0 Å². The number of carbonyl (C=O) groups excluding carboxylic acids is 1. The van der Waals surface area contributed by atoms with Crippen molar-refractivity contribution < 1.29 is 34.4 Å². The van der Waals surface area contributed by atoms with Crippen LogP contribution in [0.5, 0.6) is 0 Å². The summed E-state index contributed by atoms with van der Waals surface area (Å²) in [5.74, 6) is 0.0910. The number of ketones is 1. The molecule has 0 aliphatic rings. The summed E-state index contributed by atoms with van der Waals surface area (Å²) in [5, 5.41) is 0. The molecule has 0 fully saturated rings. The Morgan fingerprint density at radius 3 is 2.09 bits per heavy atom. The Hall–Kier alpha value is 0.240. The van der Waals surface area contributed by atoms with Gasteiger partial charge in [0.25, 0.3) is 0 Å². The molecule has 0 aromatic heterocycles. The van der Waals surface area contributed by atoms with Gasteiger partial charge >= 0.3 is 29.6 Å². The summed E-state index contributed by atoms with van der Waals surface area (Å²) in [6.45, 7) is 1.55. The van der Waals surface area contributed by atoms with Crippen LogP contribution in [0.4, 0.5) is 0 Å². The summed E-state index contributed by atoms with van der Waals surface area (Å²) >= 11 is 4.09. The minimum absolute atomic E-state index is 0. The molecule has 0 N–H and O–H groups in total. The van der Waals surface area contributed by atoms with Gasteiger partial charge in [0.05, 0.1) is 0 Å². The van der Waals surface area contributed by atoms with E-state index >= 15 is 0 Å². The molecule has 0 unspecified atom stereocenters. The smallest absolute Gasteiger partial charge is 0.295 e. The Balaban J connectivity index is 0.000001000.